The minimum Gasteiger partial charge on any atom is -0.298 e. The predicted molar refractivity (Wildman–Crippen MR) is 90.5 cm³/mol. The van der Waals surface area contributed by atoms with Crippen molar-refractivity contribution in [3.63, 3.8) is 0 Å². The molecule has 2 heteroatoms. The van der Waals surface area contributed by atoms with Crippen LogP contribution in [-0.4, -0.2) is 48.1 Å². The molecule has 1 spiro atoms. The number of nitrogens with zero attached hydrogens (tertiary/aromatic N) is 2. The van der Waals surface area contributed by atoms with Crippen LogP contribution in [0.3, 0.4) is 0 Å². The fourth-order valence-corrected chi connectivity index (χ4v) is 5.14. The largest absolute Gasteiger partial charge is 0.298 e. The lowest BCUT2D eigenvalue weighted by Crippen LogP contribution is -2.58. The summed E-state index contributed by atoms with van der Waals surface area (Å²) < 4.78 is 0. The van der Waals surface area contributed by atoms with Gasteiger partial charge in [-0.15, -0.1) is 0 Å². The monoisotopic (exact) mass is 292 g/mol. The molecule has 0 aromatic rings. The Morgan fingerprint density at radius 2 is 1.43 bits per heavy atom. The summed E-state index contributed by atoms with van der Waals surface area (Å²) in [6, 6.07) is 1.65. The minimum absolute atomic E-state index is 0.728. The van der Waals surface area contributed by atoms with Crippen LogP contribution in [0.5, 0.6) is 0 Å². The quantitative estimate of drug-likeness (QED) is 0.775. The molecule has 3 rings (SSSR count). The third-order valence-electron chi connectivity index (χ3n) is 6.97. The topological polar surface area (TPSA) is 6.48 Å². The molecule has 1 heterocycles. The molecule has 0 atom stereocenters. The highest BCUT2D eigenvalue weighted by atomic mass is 15.3. The van der Waals surface area contributed by atoms with Gasteiger partial charge in [0.05, 0.1) is 0 Å². The molecule has 0 unspecified atom stereocenters. The molecular formula is C19H36N2. The van der Waals surface area contributed by atoms with Crippen molar-refractivity contribution >= 4 is 0 Å². The lowest BCUT2D eigenvalue weighted by Gasteiger charge is -2.56. The van der Waals surface area contributed by atoms with Crippen molar-refractivity contribution in [2.45, 2.75) is 78.3 Å². The van der Waals surface area contributed by atoms with Gasteiger partial charge in [-0.2, -0.15) is 0 Å². The zero-order valence-corrected chi connectivity index (χ0v) is 14.8. The van der Waals surface area contributed by atoms with Crippen LogP contribution in [0.25, 0.3) is 0 Å². The summed E-state index contributed by atoms with van der Waals surface area (Å²) in [6.07, 6.45) is 9.09. The smallest absolute Gasteiger partial charge is 0.0113 e. The summed E-state index contributed by atoms with van der Waals surface area (Å²) in [5, 5.41) is 0. The maximum atomic E-state index is 2.80. The Labute approximate surface area is 132 Å². The van der Waals surface area contributed by atoms with Gasteiger partial charge in [0.2, 0.25) is 0 Å². The highest BCUT2D eigenvalue weighted by Gasteiger charge is 2.48. The van der Waals surface area contributed by atoms with Crippen LogP contribution in [0, 0.1) is 17.3 Å². The highest BCUT2D eigenvalue weighted by Crippen LogP contribution is 2.55. The van der Waals surface area contributed by atoms with E-state index in [1.165, 1.54) is 64.7 Å². The van der Waals surface area contributed by atoms with Gasteiger partial charge in [0.1, 0.15) is 0 Å². The standard InChI is InChI=1S/C19H36N2/c1-15(2)17-5-7-19(8-6-17)13-18(14-19)21-11-9-20(10-12-21)16(3)4/h15-18H,5-14H2,1-4H3. The van der Waals surface area contributed by atoms with Crippen LogP contribution in [0.15, 0.2) is 0 Å². The van der Waals surface area contributed by atoms with Gasteiger partial charge in [-0.1, -0.05) is 13.8 Å². The van der Waals surface area contributed by atoms with Crippen LogP contribution < -0.4 is 0 Å². The molecule has 3 fully saturated rings. The summed E-state index contributed by atoms with van der Waals surface area (Å²) in [4.78, 5) is 5.44. The second-order valence-electron chi connectivity index (χ2n) is 8.81. The molecule has 2 nitrogen and oxygen atoms in total. The van der Waals surface area contributed by atoms with Gasteiger partial charge >= 0.3 is 0 Å². The van der Waals surface area contributed by atoms with Gasteiger partial charge in [0.25, 0.3) is 0 Å². The summed E-state index contributed by atoms with van der Waals surface area (Å²) in [7, 11) is 0. The van der Waals surface area contributed by atoms with Crippen LogP contribution in [0.2, 0.25) is 0 Å². The third-order valence-corrected chi connectivity index (χ3v) is 6.97. The van der Waals surface area contributed by atoms with Gasteiger partial charge in [-0.05, 0) is 69.6 Å². The van der Waals surface area contributed by atoms with E-state index in [0.717, 1.165) is 29.3 Å². The van der Waals surface area contributed by atoms with E-state index >= 15 is 0 Å². The Bertz CT molecular complexity index is 325. The normalized spacial score (nSPS) is 39.1. The lowest BCUT2D eigenvalue weighted by atomic mass is 9.55. The molecule has 2 aliphatic carbocycles. The van der Waals surface area contributed by atoms with Gasteiger partial charge in [-0.25, -0.2) is 0 Å². The average molecular weight is 293 g/mol. The second-order valence-corrected chi connectivity index (χ2v) is 8.81. The molecule has 0 aromatic heterocycles. The van der Waals surface area contributed by atoms with Gasteiger partial charge in [-0.3, -0.25) is 9.80 Å². The van der Waals surface area contributed by atoms with Crippen molar-refractivity contribution in [2.75, 3.05) is 26.2 Å². The van der Waals surface area contributed by atoms with E-state index in [2.05, 4.69) is 37.5 Å². The number of hydrogen-bond acceptors (Lipinski definition) is 2. The van der Waals surface area contributed by atoms with Crippen molar-refractivity contribution in [1.82, 2.24) is 9.80 Å². The van der Waals surface area contributed by atoms with Crippen LogP contribution in [0.1, 0.15) is 66.2 Å². The third kappa shape index (κ3) is 3.32. The van der Waals surface area contributed by atoms with E-state index in [1.54, 1.807) is 0 Å². The van der Waals surface area contributed by atoms with Crippen molar-refractivity contribution < 1.29 is 0 Å². The van der Waals surface area contributed by atoms with E-state index < -0.39 is 0 Å². The van der Waals surface area contributed by atoms with Crippen LogP contribution in [0.4, 0.5) is 0 Å². The Kier molecular flexibility index (Phi) is 4.66. The van der Waals surface area contributed by atoms with E-state index in [0.29, 0.717) is 0 Å². The molecule has 0 bridgehead atoms. The molecular weight excluding hydrogens is 256 g/mol. The Morgan fingerprint density at radius 3 is 1.90 bits per heavy atom. The summed E-state index contributed by atoms with van der Waals surface area (Å²) in [5.74, 6) is 1.92. The zero-order valence-electron chi connectivity index (χ0n) is 14.8. The van der Waals surface area contributed by atoms with Gasteiger partial charge in [0.15, 0.2) is 0 Å². The van der Waals surface area contributed by atoms with Crippen molar-refractivity contribution in [3.05, 3.63) is 0 Å². The summed E-state index contributed by atoms with van der Waals surface area (Å²) in [5.41, 5.74) is 0.769. The van der Waals surface area contributed by atoms with Crippen LogP contribution in [-0.2, 0) is 0 Å². The van der Waals surface area contributed by atoms with Gasteiger partial charge < -0.3 is 0 Å². The number of piperazine rings is 1. The molecule has 21 heavy (non-hydrogen) atoms. The first kappa shape index (κ1) is 15.8. The maximum absolute atomic E-state index is 2.80. The fraction of sp³-hybridized carbons (Fsp3) is 1.00. The number of rotatable bonds is 3. The van der Waals surface area contributed by atoms with E-state index in [4.69, 9.17) is 0 Å². The number of hydrogen-bond donors (Lipinski definition) is 0. The van der Waals surface area contributed by atoms with E-state index in [1.807, 2.05) is 0 Å². The Hall–Kier alpha value is -0.0800. The Balaban J connectivity index is 1.42. The van der Waals surface area contributed by atoms with Crippen molar-refractivity contribution in [2.24, 2.45) is 17.3 Å². The van der Waals surface area contributed by atoms with Crippen LogP contribution >= 0.6 is 0 Å². The van der Waals surface area contributed by atoms with E-state index in [-0.39, 0.29) is 0 Å². The first-order valence-corrected chi connectivity index (χ1v) is 9.47. The summed E-state index contributed by atoms with van der Waals surface area (Å²) in [6.45, 7) is 14.7. The molecule has 0 amide bonds. The second kappa shape index (κ2) is 6.20. The van der Waals surface area contributed by atoms with Gasteiger partial charge in [0, 0.05) is 38.3 Å². The fourth-order valence-electron chi connectivity index (χ4n) is 5.14. The molecule has 0 N–H and O–H groups in total. The lowest BCUT2D eigenvalue weighted by molar-refractivity contribution is -0.0545. The summed E-state index contributed by atoms with van der Waals surface area (Å²) >= 11 is 0. The molecule has 0 aromatic carbocycles. The average Bonchev–Trinajstić information content (AvgIpc) is 2.45. The molecule has 1 saturated heterocycles. The SMILES string of the molecule is CC(C)C1CCC2(CC1)CC(N1CCN(C(C)C)CC1)C2. The first-order valence-electron chi connectivity index (χ1n) is 9.47. The Morgan fingerprint density at radius 1 is 0.857 bits per heavy atom. The maximum Gasteiger partial charge on any atom is 0.0113 e. The van der Waals surface area contributed by atoms with E-state index in [9.17, 15) is 0 Å². The van der Waals surface area contributed by atoms with Crippen molar-refractivity contribution in [3.8, 4) is 0 Å². The molecule has 2 saturated carbocycles. The molecule has 122 valence electrons. The molecule has 1 aliphatic heterocycles. The molecule has 0 radical (unpaired) electrons. The zero-order chi connectivity index (χ0) is 15.0. The minimum atomic E-state index is 0.728. The first-order chi connectivity index (χ1) is 9.99. The predicted octanol–water partition coefficient (Wildman–Crippen LogP) is 4.01. The highest BCUT2D eigenvalue weighted by molar-refractivity contribution is 5.01. The molecule has 3 aliphatic rings. The van der Waals surface area contributed by atoms with Crippen molar-refractivity contribution in [1.29, 1.82) is 0 Å².